The van der Waals surface area contributed by atoms with Crippen molar-refractivity contribution in [2.24, 2.45) is 5.92 Å². The van der Waals surface area contributed by atoms with E-state index in [4.69, 9.17) is 5.11 Å². The number of carbonyl (C=O) groups excluding carboxylic acids is 1. The van der Waals surface area contributed by atoms with E-state index in [1.54, 1.807) is 0 Å². The van der Waals surface area contributed by atoms with E-state index in [1.165, 1.54) is 13.0 Å². The van der Waals surface area contributed by atoms with Crippen LogP contribution in [0.4, 0.5) is 0 Å². The molecule has 0 saturated heterocycles. The number of hydrogen-bond donors (Lipinski definition) is 2. The molecule has 1 amide bonds. The second-order valence-electron chi connectivity index (χ2n) is 3.29. The Morgan fingerprint density at radius 1 is 1.50 bits per heavy atom. The van der Waals surface area contributed by atoms with E-state index in [2.05, 4.69) is 9.73 Å². The highest BCUT2D eigenvalue weighted by atomic mass is 16.4. The van der Waals surface area contributed by atoms with Crippen LogP contribution in [0.15, 0.2) is 27.6 Å². The minimum absolute atomic E-state index is 0.0211. The smallest absolute Gasteiger partial charge is 0.335 e. The fourth-order valence-electron chi connectivity index (χ4n) is 0.922. The lowest BCUT2D eigenvalue weighted by Gasteiger charge is -2.07. The third-order valence-electron chi connectivity index (χ3n) is 1.95. The molecule has 1 unspecified atom stereocenters. The molecule has 0 spiro atoms. The summed E-state index contributed by atoms with van der Waals surface area (Å²) in [4.78, 5) is 32.5. The lowest BCUT2D eigenvalue weighted by molar-refractivity contribution is -0.140. The summed E-state index contributed by atoms with van der Waals surface area (Å²) in [6.07, 6.45) is 1.03. The molecule has 1 rings (SSSR count). The van der Waals surface area contributed by atoms with Crippen molar-refractivity contribution in [1.82, 2.24) is 5.32 Å². The van der Waals surface area contributed by atoms with Gasteiger partial charge in [-0.2, -0.15) is 0 Å². The van der Waals surface area contributed by atoms with Crippen LogP contribution in [0.3, 0.4) is 0 Å². The number of aliphatic carboxylic acids is 1. The lowest BCUT2D eigenvalue weighted by Crippen LogP contribution is -2.31. The third-order valence-corrected chi connectivity index (χ3v) is 1.95. The number of nitrogens with one attached hydrogen (secondary N) is 1. The third kappa shape index (κ3) is 3.23. The molecule has 2 N–H and O–H groups in total. The molecule has 0 saturated carbocycles. The molecule has 1 aromatic rings. The summed E-state index contributed by atoms with van der Waals surface area (Å²) in [6, 6.07) is 2.43. The predicted octanol–water partition coefficient (Wildman–Crippen LogP) is 0.0903. The van der Waals surface area contributed by atoms with E-state index in [0.717, 1.165) is 12.3 Å². The van der Waals surface area contributed by atoms with Gasteiger partial charge in [0.1, 0.15) is 6.26 Å². The molecule has 0 bridgehead atoms. The van der Waals surface area contributed by atoms with Crippen LogP contribution in [0.1, 0.15) is 17.3 Å². The van der Waals surface area contributed by atoms with E-state index in [0.29, 0.717) is 0 Å². The van der Waals surface area contributed by atoms with Gasteiger partial charge in [0.2, 0.25) is 0 Å². The molecule has 16 heavy (non-hydrogen) atoms. The first kappa shape index (κ1) is 12.0. The van der Waals surface area contributed by atoms with Crippen molar-refractivity contribution in [2.75, 3.05) is 6.54 Å². The minimum atomic E-state index is -0.986. The van der Waals surface area contributed by atoms with Crippen LogP contribution in [0.25, 0.3) is 0 Å². The van der Waals surface area contributed by atoms with Crippen LogP contribution in [0, 0.1) is 5.92 Å². The quantitative estimate of drug-likeness (QED) is 0.756. The van der Waals surface area contributed by atoms with Gasteiger partial charge < -0.3 is 14.8 Å². The van der Waals surface area contributed by atoms with Crippen LogP contribution < -0.4 is 10.9 Å². The molecule has 0 aromatic carbocycles. The normalized spacial score (nSPS) is 11.8. The summed E-state index contributed by atoms with van der Waals surface area (Å²) < 4.78 is 4.50. The van der Waals surface area contributed by atoms with E-state index in [1.807, 2.05) is 0 Å². The largest absolute Gasteiger partial charge is 0.481 e. The fraction of sp³-hybridized carbons (Fsp3) is 0.300. The van der Waals surface area contributed by atoms with Gasteiger partial charge in [0.25, 0.3) is 5.91 Å². The molecular weight excluding hydrogens is 214 g/mol. The Morgan fingerprint density at radius 2 is 2.19 bits per heavy atom. The summed E-state index contributed by atoms with van der Waals surface area (Å²) in [7, 11) is 0. The van der Waals surface area contributed by atoms with E-state index >= 15 is 0 Å². The molecule has 86 valence electrons. The molecule has 0 aliphatic rings. The minimum Gasteiger partial charge on any atom is -0.481 e. The van der Waals surface area contributed by atoms with Crippen LogP contribution >= 0.6 is 0 Å². The van der Waals surface area contributed by atoms with Gasteiger partial charge in [0.05, 0.1) is 11.5 Å². The van der Waals surface area contributed by atoms with Crippen LogP contribution in [0.5, 0.6) is 0 Å². The summed E-state index contributed by atoms with van der Waals surface area (Å²) in [5.74, 6) is -2.13. The number of carboxylic acids is 1. The van der Waals surface area contributed by atoms with Gasteiger partial charge in [-0.1, -0.05) is 6.92 Å². The van der Waals surface area contributed by atoms with Gasteiger partial charge in [0.15, 0.2) is 0 Å². The molecule has 0 aliphatic heterocycles. The second kappa shape index (κ2) is 5.11. The van der Waals surface area contributed by atoms with Crippen molar-refractivity contribution in [3.05, 3.63) is 34.4 Å². The Bertz CT molecular complexity index is 430. The topological polar surface area (TPSA) is 96.6 Å². The number of carbonyl (C=O) groups is 2. The van der Waals surface area contributed by atoms with Crippen LogP contribution in [-0.4, -0.2) is 23.5 Å². The van der Waals surface area contributed by atoms with Crippen molar-refractivity contribution in [1.29, 1.82) is 0 Å². The zero-order chi connectivity index (χ0) is 12.1. The lowest BCUT2D eigenvalue weighted by atomic mass is 10.2. The Hall–Kier alpha value is -2.11. The van der Waals surface area contributed by atoms with Crippen molar-refractivity contribution in [3.63, 3.8) is 0 Å². The maximum Gasteiger partial charge on any atom is 0.335 e. The Morgan fingerprint density at radius 3 is 2.69 bits per heavy atom. The van der Waals surface area contributed by atoms with E-state index in [9.17, 15) is 14.4 Å². The first-order valence-electron chi connectivity index (χ1n) is 4.60. The maximum atomic E-state index is 11.4. The second-order valence-corrected chi connectivity index (χ2v) is 3.29. The van der Waals surface area contributed by atoms with Crippen LogP contribution in [0.2, 0.25) is 0 Å². The fourth-order valence-corrected chi connectivity index (χ4v) is 0.922. The molecule has 1 aromatic heterocycles. The molecule has 1 atom stereocenters. The predicted molar refractivity (Wildman–Crippen MR) is 54.1 cm³/mol. The number of carboxylic acid groups (broad SMARTS) is 1. The highest BCUT2D eigenvalue weighted by Crippen LogP contribution is 1.97. The maximum absolute atomic E-state index is 11.4. The van der Waals surface area contributed by atoms with Crippen molar-refractivity contribution >= 4 is 11.9 Å². The number of amides is 1. The van der Waals surface area contributed by atoms with E-state index < -0.39 is 23.4 Å². The Balaban J connectivity index is 2.56. The Kier molecular flexibility index (Phi) is 3.82. The molecule has 0 fully saturated rings. The number of rotatable bonds is 4. The average molecular weight is 225 g/mol. The van der Waals surface area contributed by atoms with Crippen molar-refractivity contribution < 1.29 is 19.1 Å². The highest BCUT2D eigenvalue weighted by molar-refractivity contribution is 5.93. The summed E-state index contributed by atoms with van der Waals surface area (Å²) in [5, 5.41) is 11.0. The SMILES string of the molecule is CC(CNC(=O)c1ccc(=O)oc1)C(=O)O. The zero-order valence-corrected chi connectivity index (χ0v) is 8.60. The van der Waals surface area contributed by atoms with Gasteiger partial charge in [0, 0.05) is 12.6 Å². The molecule has 0 radical (unpaired) electrons. The first-order valence-corrected chi connectivity index (χ1v) is 4.60. The van der Waals surface area contributed by atoms with Gasteiger partial charge >= 0.3 is 11.6 Å². The van der Waals surface area contributed by atoms with Gasteiger partial charge in [-0.15, -0.1) is 0 Å². The van der Waals surface area contributed by atoms with Gasteiger partial charge in [-0.3, -0.25) is 9.59 Å². The molecule has 1 heterocycles. The molecular formula is C10H11NO5. The zero-order valence-electron chi connectivity index (χ0n) is 8.60. The monoisotopic (exact) mass is 225 g/mol. The number of hydrogen-bond acceptors (Lipinski definition) is 4. The summed E-state index contributed by atoms with van der Waals surface area (Å²) in [5.41, 5.74) is -0.368. The molecule has 6 nitrogen and oxygen atoms in total. The van der Waals surface area contributed by atoms with Gasteiger partial charge in [-0.05, 0) is 6.07 Å². The molecule has 6 heteroatoms. The standard InChI is InChI=1S/C10H11NO5/c1-6(10(14)15)4-11-9(13)7-2-3-8(12)16-5-7/h2-3,5-6H,4H2,1H3,(H,11,13)(H,14,15). The molecule has 0 aliphatic carbocycles. The van der Waals surface area contributed by atoms with E-state index in [-0.39, 0.29) is 12.1 Å². The van der Waals surface area contributed by atoms with Crippen molar-refractivity contribution in [2.45, 2.75) is 6.92 Å². The van der Waals surface area contributed by atoms with Crippen molar-refractivity contribution in [3.8, 4) is 0 Å². The average Bonchev–Trinajstić information content (AvgIpc) is 2.26. The highest BCUT2D eigenvalue weighted by Gasteiger charge is 2.13. The van der Waals surface area contributed by atoms with Crippen LogP contribution in [-0.2, 0) is 4.79 Å². The summed E-state index contributed by atoms with van der Waals surface area (Å²) in [6.45, 7) is 1.50. The Labute approximate surface area is 90.9 Å². The summed E-state index contributed by atoms with van der Waals surface area (Å²) >= 11 is 0. The first-order chi connectivity index (χ1) is 7.50. The van der Waals surface area contributed by atoms with Gasteiger partial charge in [-0.25, -0.2) is 4.79 Å².